The molecule has 176 valence electrons. The fourth-order valence-electron chi connectivity index (χ4n) is 3.42. The fourth-order valence-corrected chi connectivity index (χ4v) is 4.50. The Labute approximate surface area is 195 Å². The van der Waals surface area contributed by atoms with Crippen molar-refractivity contribution in [1.82, 2.24) is 20.2 Å². The van der Waals surface area contributed by atoms with Crippen LogP contribution in [0.3, 0.4) is 0 Å². The third-order valence-electron chi connectivity index (χ3n) is 4.98. The van der Waals surface area contributed by atoms with Crippen molar-refractivity contribution in [2.75, 3.05) is 11.8 Å². The first-order valence-electron chi connectivity index (χ1n) is 10.0. The van der Waals surface area contributed by atoms with Gasteiger partial charge in [-0.2, -0.15) is 5.10 Å². The summed E-state index contributed by atoms with van der Waals surface area (Å²) in [5, 5.41) is 13.7. The van der Waals surface area contributed by atoms with Crippen LogP contribution in [0.25, 0.3) is 11.0 Å². The van der Waals surface area contributed by atoms with Crippen molar-refractivity contribution in [3.8, 4) is 11.5 Å². The van der Waals surface area contributed by atoms with E-state index in [0.717, 1.165) is 5.56 Å². The van der Waals surface area contributed by atoms with E-state index in [2.05, 4.69) is 14.8 Å². The van der Waals surface area contributed by atoms with Crippen LogP contribution in [0, 0.1) is 6.92 Å². The smallest absolute Gasteiger partial charge is 0.436 e. The number of aryl methyl sites for hydroxylation is 1. The Morgan fingerprint density at radius 3 is 2.47 bits per heavy atom. The normalized spacial score (nSPS) is 11.3. The number of carbonyl (C=O) groups excluding carboxylic acids is 1. The number of sulfonamides is 1. The third kappa shape index (κ3) is 4.63. The Morgan fingerprint density at radius 1 is 1.12 bits per heavy atom. The lowest BCUT2D eigenvalue weighted by molar-refractivity contribution is 0.128. The summed E-state index contributed by atoms with van der Waals surface area (Å²) in [6, 6.07) is 15.3. The number of hydroxylamine groups is 1. The number of anilines is 1. The molecule has 11 nitrogen and oxygen atoms in total. The number of pyridine rings is 1. The number of carbonyl (C=O) groups is 1. The molecule has 12 heteroatoms. The average molecular weight is 484 g/mol. The van der Waals surface area contributed by atoms with Gasteiger partial charge in [0.15, 0.2) is 11.4 Å². The molecule has 0 aliphatic carbocycles. The first-order chi connectivity index (χ1) is 16.3. The van der Waals surface area contributed by atoms with Gasteiger partial charge >= 0.3 is 6.09 Å². The van der Waals surface area contributed by atoms with E-state index in [-0.39, 0.29) is 16.3 Å². The molecular formula is C22H21N5O6S. The lowest BCUT2D eigenvalue weighted by Gasteiger charge is -2.14. The molecular weight excluding hydrogens is 462 g/mol. The monoisotopic (exact) mass is 483 g/mol. The largest absolute Gasteiger partial charge is 0.497 e. The van der Waals surface area contributed by atoms with E-state index in [1.54, 1.807) is 11.6 Å². The first-order valence-corrected chi connectivity index (χ1v) is 11.5. The van der Waals surface area contributed by atoms with Gasteiger partial charge in [0.2, 0.25) is 0 Å². The summed E-state index contributed by atoms with van der Waals surface area (Å²) in [6.07, 6.45) is -0.0214. The summed E-state index contributed by atoms with van der Waals surface area (Å²) < 4.78 is 40.6. The number of ether oxygens (including phenoxy) is 2. The van der Waals surface area contributed by atoms with Gasteiger partial charge in [0.05, 0.1) is 35.8 Å². The zero-order valence-electron chi connectivity index (χ0n) is 18.2. The minimum absolute atomic E-state index is 0.0369. The maximum Gasteiger partial charge on any atom is 0.436 e. The van der Waals surface area contributed by atoms with Gasteiger partial charge in [-0.15, -0.1) is 0 Å². The van der Waals surface area contributed by atoms with Gasteiger partial charge in [-0.05, 0) is 36.8 Å². The van der Waals surface area contributed by atoms with Crippen molar-refractivity contribution in [3.63, 3.8) is 0 Å². The number of amides is 1. The molecule has 0 saturated heterocycles. The standard InChI is InChI=1S/C22H21N5O6S/c1-14-19-20(26-34(30,31)17-10-8-16(32-2)9-11-17)18(33-22(28)25-29)12-23-21(19)27(24-14)13-15-6-4-3-5-7-15/h3-12,29H,13H2,1-2H3,(H,23,26)(H,25,28). The van der Waals surface area contributed by atoms with E-state index in [9.17, 15) is 13.2 Å². The molecule has 4 rings (SSSR count). The van der Waals surface area contributed by atoms with Crippen LogP contribution in [0.5, 0.6) is 11.5 Å². The Hall–Kier alpha value is -4.16. The highest BCUT2D eigenvalue weighted by Gasteiger charge is 2.24. The van der Waals surface area contributed by atoms with Crippen molar-refractivity contribution in [1.29, 1.82) is 0 Å². The molecule has 0 unspecified atom stereocenters. The molecule has 0 spiro atoms. The third-order valence-corrected chi connectivity index (χ3v) is 6.34. The topological polar surface area (TPSA) is 145 Å². The molecule has 34 heavy (non-hydrogen) atoms. The molecule has 2 aromatic carbocycles. The summed E-state index contributed by atoms with van der Waals surface area (Å²) in [7, 11) is -2.63. The summed E-state index contributed by atoms with van der Waals surface area (Å²) in [5.74, 6) is 0.283. The van der Waals surface area contributed by atoms with Gasteiger partial charge in [-0.1, -0.05) is 30.3 Å². The molecule has 2 heterocycles. The molecule has 0 bridgehead atoms. The highest BCUT2D eigenvalue weighted by molar-refractivity contribution is 7.92. The summed E-state index contributed by atoms with van der Waals surface area (Å²) in [6.45, 7) is 2.08. The summed E-state index contributed by atoms with van der Waals surface area (Å²) in [4.78, 5) is 16.0. The predicted molar refractivity (Wildman–Crippen MR) is 123 cm³/mol. The van der Waals surface area contributed by atoms with E-state index in [1.165, 1.54) is 43.1 Å². The van der Waals surface area contributed by atoms with E-state index in [4.69, 9.17) is 14.7 Å². The highest BCUT2D eigenvalue weighted by atomic mass is 32.2. The van der Waals surface area contributed by atoms with Gasteiger partial charge < -0.3 is 9.47 Å². The van der Waals surface area contributed by atoms with Gasteiger partial charge in [-0.25, -0.2) is 28.4 Å². The average Bonchev–Trinajstić information content (AvgIpc) is 3.16. The number of nitrogens with one attached hydrogen (secondary N) is 2. The minimum Gasteiger partial charge on any atom is -0.497 e. The number of hydrogen-bond acceptors (Lipinski definition) is 8. The van der Waals surface area contributed by atoms with Crippen LogP contribution in [-0.4, -0.2) is 41.6 Å². The Bertz CT molecular complexity index is 1440. The first kappa shape index (κ1) is 23.0. The maximum absolute atomic E-state index is 13.2. The lowest BCUT2D eigenvalue weighted by Crippen LogP contribution is -2.24. The number of fused-ring (bicyclic) bond motifs is 1. The van der Waals surface area contributed by atoms with Crippen molar-refractivity contribution in [3.05, 3.63) is 72.1 Å². The minimum atomic E-state index is -4.11. The number of nitrogens with zero attached hydrogens (tertiary/aromatic N) is 3. The Balaban J connectivity index is 1.82. The molecule has 0 saturated carbocycles. The Morgan fingerprint density at radius 2 is 1.82 bits per heavy atom. The summed E-state index contributed by atoms with van der Waals surface area (Å²) in [5.41, 5.74) is 3.11. The highest BCUT2D eigenvalue weighted by Crippen LogP contribution is 2.36. The number of methoxy groups -OCH3 is 1. The SMILES string of the molecule is COc1ccc(S(=O)(=O)Nc2c(OC(=O)NO)cnc3c2c(C)nn3Cc2ccccc2)cc1. The van der Waals surface area contributed by atoms with E-state index >= 15 is 0 Å². The second-order valence-electron chi connectivity index (χ2n) is 7.21. The van der Waals surface area contributed by atoms with Crippen LogP contribution in [0.2, 0.25) is 0 Å². The number of rotatable bonds is 7. The molecule has 3 N–H and O–H groups in total. The van der Waals surface area contributed by atoms with Crippen LogP contribution in [0.1, 0.15) is 11.3 Å². The second kappa shape index (κ2) is 9.37. The molecule has 0 aliphatic rings. The lowest BCUT2D eigenvalue weighted by atomic mass is 10.2. The van der Waals surface area contributed by atoms with E-state index in [0.29, 0.717) is 29.0 Å². The van der Waals surface area contributed by atoms with Gasteiger partial charge in [-0.3, -0.25) is 9.93 Å². The molecule has 0 atom stereocenters. The van der Waals surface area contributed by atoms with E-state index < -0.39 is 16.1 Å². The number of hydrogen-bond donors (Lipinski definition) is 3. The molecule has 2 aromatic heterocycles. The molecule has 4 aromatic rings. The van der Waals surface area contributed by atoms with Crippen molar-refractivity contribution < 1.29 is 27.9 Å². The van der Waals surface area contributed by atoms with E-state index in [1.807, 2.05) is 30.3 Å². The molecule has 0 fully saturated rings. The quantitative estimate of drug-likeness (QED) is 0.269. The number of benzene rings is 2. The van der Waals surface area contributed by atoms with Crippen molar-refractivity contribution in [2.24, 2.45) is 0 Å². The van der Waals surface area contributed by atoms with Gasteiger partial charge in [0.25, 0.3) is 10.0 Å². The van der Waals surface area contributed by atoms with Crippen LogP contribution in [-0.2, 0) is 16.6 Å². The molecule has 1 amide bonds. The Kier molecular flexibility index (Phi) is 6.34. The fraction of sp³-hybridized carbons (Fsp3) is 0.136. The van der Waals surface area contributed by atoms with Crippen LogP contribution in [0.15, 0.2) is 65.7 Å². The van der Waals surface area contributed by atoms with Crippen LogP contribution < -0.4 is 19.7 Å². The van der Waals surface area contributed by atoms with Crippen molar-refractivity contribution >= 4 is 32.8 Å². The van der Waals surface area contributed by atoms with Crippen LogP contribution >= 0.6 is 0 Å². The van der Waals surface area contributed by atoms with Gasteiger partial charge in [0, 0.05) is 0 Å². The van der Waals surface area contributed by atoms with Crippen LogP contribution in [0.4, 0.5) is 10.5 Å². The van der Waals surface area contributed by atoms with Gasteiger partial charge in [0.1, 0.15) is 11.4 Å². The molecule has 0 aliphatic heterocycles. The zero-order valence-corrected chi connectivity index (χ0v) is 19.0. The van der Waals surface area contributed by atoms with Crippen molar-refractivity contribution in [2.45, 2.75) is 18.4 Å². The predicted octanol–water partition coefficient (Wildman–Crippen LogP) is 3.08. The second-order valence-corrected chi connectivity index (χ2v) is 8.89. The number of aromatic nitrogens is 3. The summed E-state index contributed by atoms with van der Waals surface area (Å²) >= 11 is 0. The molecule has 0 radical (unpaired) electrons. The maximum atomic E-state index is 13.2. The zero-order chi connectivity index (χ0) is 24.3.